The first-order chi connectivity index (χ1) is 7.60. The smallest absolute Gasteiger partial charge is 0.119 e. The lowest BCUT2D eigenvalue weighted by molar-refractivity contribution is 0.414. The van der Waals surface area contributed by atoms with Gasteiger partial charge in [-0.2, -0.15) is 0 Å². The van der Waals surface area contributed by atoms with Gasteiger partial charge in [0, 0.05) is 25.3 Å². The van der Waals surface area contributed by atoms with Crippen molar-refractivity contribution < 1.29 is 4.74 Å². The van der Waals surface area contributed by atoms with Crippen LogP contribution in [0.4, 0.5) is 5.69 Å². The van der Waals surface area contributed by atoms with Crippen LogP contribution in [0.3, 0.4) is 0 Å². The molecule has 0 heterocycles. The fourth-order valence-corrected chi connectivity index (χ4v) is 1.89. The maximum Gasteiger partial charge on any atom is 0.119 e. The fourth-order valence-electron chi connectivity index (χ4n) is 1.89. The summed E-state index contributed by atoms with van der Waals surface area (Å²) >= 11 is 0. The zero-order valence-corrected chi connectivity index (χ0v) is 10.6. The maximum atomic E-state index is 5.80. The molecule has 0 aliphatic carbocycles. The summed E-state index contributed by atoms with van der Waals surface area (Å²) in [6.07, 6.45) is 0. The highest BCUT2D eigenvalue weighted by molar-refractivity contribution is 5.49. The molecule has 0 aliphatic rings. The number of nitrogens with zero attached hydrogens (tertiary/aromatic N) is 1. The second kappa shape index (κ2) is 5.75. The SMILES string of the molecule is COc1ccc(N(C)C(CN)C(C)C)cc1. The van der Waals surface area contributed by atoms with Gasteiger partial charge in [-0.1, -0.05) is 13.8 Å². The van der Waals surface area contributed by atoms with Gasteiger partial charge in [-0.25, -0.2) is 0 Å². The number of nitrogens with two attached hydrogens (primary N) is 1. The predicted molar refractivity (Wildman–Crippen MR) is 69.1 cm³/mol. The standard InChI is InChI=1S/C13H22N2O/c1-10(2)13(9-14)15(3)11-5-7-12(16-4)8-6-11/h5-8,10,13H,9,14H2,1-4H3. The van der Waals surface area contributed by atoms with E-state index in [4.69, 9.17) is 10.5 Å². The third-order valence-electron chi connectivity index (χ3n) is 2.99. The lowest BCUT2D eigenvalue weighted by atomic mass is 10.0. The van der Waals surface area contributed by atoms with Crippen molar-refractivity contribution in [3.63, 3.8) is 0 Å². The fraction of sp³-hybridized carbons (Fsp3) is 0.538. The molecule has 0 spiro atoms. The van der Waals surface area contributed by atoms with Crippen molar-refractivity contribution in [3.05, 3.63) is 24.3 Å². The Morgan fingerprint density at radius 1 is 1.25 bits per heavy atom. The summed E-state index contributed by atoms with van der Waals surface area (Å²) in [5.74, 6) is 1.42. The van der Waals surface area contributed by atoms with Crippen molar-refractivity contribution in [2.45, 2.75) is 19.9 Å². The van der Waals surface area contributed by atoms with E-state index >= 15 is 0 Å². The lowest BCUT2D eigenvalue weighted by Crippen LogP contribution is -2.41. The molecular formula is C13H22N2O. The minimum Gasteiger partial charge on any atom is -0.497 e. The van der Waals surface area contributed by atoms with Crippen molar-refractivity contribution in [1.82, 2.24) is 0 Å². The first-order valence-electron chi connectivity index (χ1n) is 5.67. The molecule has 2 N–H and O–H groups in total. The van der Waals surface area contributed by atoms with Crippen LogP contribution in [0.15, 0.2) is 24.3 Å². The number of benzene rings is 1. The van der Waals surface area contributed by atoms with Crippen molar-refractivity contribution in [2.75, 3.05) is 25.6 Å². The number of ether oxygens (including phenoxy) is 1. The van der Waals surface area contributed by atoms with Crippen LogP contribution in [-0.4, -0.2) is 26.7 Å². The molecular weight excluding hydrogens is 200 g/mol. The van der Waals surface area contributed by atoms with Gasteiger partial charge < -0.3 is 15.4 Å². The van der Waals surface area contributed by atoms with Gasteiger partial charge in [0.15, 0.2) is 0 Å². The van der Waals surface area contributed by atoms with E-state index in [0.29, 0.717) is 18.5 Å². The molecule has 0 saturated heterocycles. The molecule has 1 unspecified atom stereocenters. The largest absolute Gasteiger partial charge is 0.497 e. The third-order valence-corrected chi connectivity index (χ3v) is 2.99. The molecule has 0 amide bonds. The van der Waals surface area contributed by atoms with Crippen LogP contribution in [0.1, 0.15) is 13.8 Å². The van der Waals surface area contributed by atoms with Crippen molar-refractivity contribution in [1.29, 1.82) is 0 Å². The highest BCUT2D eigenvalue weighted by Gasteiger charge is 2.17. The molecule has 0 aromatic heterocycles. The maximum absolute atomic E-state index is 5.80. The average Bonchev–Trinajstić information content (AvgIpc) is 2.29. The van der Waals surface area contributed by atoms with Crippen LogP contribution in [0.2, 0.25) is 0 Å². The second-order valence-electron chi connectivity index (χ2n) is 4.36. The van der Waals surface area contributed by atoms with Crippen LogP contribution >= 0.6 is 0 Å². The second-order valence-corrected chi connectivity index (χ2v) is 4.36. The van der Waals surface area contributed by atoms with Gasteiger partial charge in [-0.05, 0) is 30.2 Å². The van der Waals surface area contributed by atoms with E-state index in [1.165, 1.54) is 5.69 Å². The molecule has 0 fully saturated rings. The van der Waals surface area contributed by atoms with E-state index < -0.39 is 0 Å². The van der Waals surface area contributed by atoms with Gasteiger partial charge in [-0.15, -0.1) is 0 Å². The Hall–Kier alpha value is -1.22. The Kier molecular flexibility index (Phi) is 4.62. The van der Waals surface area contributed by atoms with Gasteiger partial charge in [0.25, 0.3) is 0 Å². The Labute approximate surface area is 98.2 Å². The van der Waals surface area contributed by atoms with Gasteiger partial charge in [0.05, 0.1) is 7.11 Å². The van der Waals surface area contributed by atoms with Gasteiger partial charge in [0.1, 0.15) is 5.75 Å². The van der Waals surface area contributed by atoms with E-state index in [0.717, 1.165) is 5.75 Å². The summed E-state index contributed by atoms with van der Waals surface area (Å²) in [5.41, 5.74) is 6.97. The number of rotatable bonds is 5. The molecule has 0 bridgehead atoms. The molecule has 0 radical (unpaired) electrons. The summed E-state index contributed by atoms with van der Waals surface area (Å²) < 4.78 is 5.14. The lowest BCUT2D eigenvalue weighted by Gasteiger charge is -2.32. The number of hydrogen-bond acceptors (Lipinski definition) is 3. The minimum absolute atomic E-state index is 0.369. The normalized spacial score (nSPS) is 12.6. The van der Waals surface area contributed by atoms with Crippen LogP contribution < -0.4 is 15.4 Å². The quantitative estimate of drug-likeness (QED) is 0.829. The summed E-state index contributed by atoms with van der Waals surface area (Å²) in [5, 5.41) is 0. The molecule has 1 atom stereocenters. The van der Waals surface area contributed by atoms with Gasteiger partial charge >= 0.3 is 0 Å². The Morgan fingerprint density at radius 2 is 1.81 bits per heavy atom. The number of anilines is 1. The molecule has 0 aliphatic heterocycles. The highest BCUT2D eigenvalue weighted by atomic mass is 16.5. The number of hydrogen-bond donors (Lipinski definition) is 1. The van der Waals surface area contributed by atoms with Crippen LogP contribution in [0.5, 0.6) is 5.75 Å². The van der Waals surface area contributed by atoms with E-state index in [2.05, 4.69) is 37.9 Å². The highest BCUT2D eigenvalue weighted by Crippen LogP contribution is 2.21. The third kappa shape index (κ3) is 2.89. The molecule has 3 nitrogen and oxygen atoms in total. The van der Waals surface area contributed by atoms with Crippen LogP contribution in [0, 0.1) is 5.92 Å². The summed E-state index contributed by atoms with van der Waals surface area (Å²) in [7, 11) is 3.76. The van der Waals surface area contributed by atoms with Crippen molar-refractivity contribution >= 4 is 5.69 Å². The zero-order chi connectivity index (χ0) is 12.1. The topological polar surface area (TPSA) is 38.5 Å². The number of likely N-dealkylation sites (N-methyl/N-ethyl adjacent to an activating group) is 1. The molecule has 90 valence electrons. The molecule has 1 aromatic rings. The van der Waals surface area contributed by atoms with Gasteiger partial charge in [-0.3, -0.25) is 0 Å². The van der Waals surface area contributed by atoms with E-state index in [9.17, 15) is 0 Å². The van der Waals surface area contributed by atoms with Crippen LogP contribution in [-0.2, 0) is 0 Å². The van der Waals surface area contributed by atoms with E-state index in [1.54, 1.807) is 7.11 Å². The monoisotopic (exact) mass is 222 g/mol. The first kappa shape index (κ1) is 12.8. The minimum atomic E-state index is 0.369. The molecule has 1 rings (SSSR count). The first-order valence-corrected chi connectivity index (χ1v) is 5.67. The molecule has 1 aromatic carbocycles. The number of methoxy groups -OCH3 is 1. The molecule has 16 heavy (non-hydrogen) atoms. The van der Waals surface area contributed by atoms with Crippen molar-refractivity contribution in [2.24, 2.45) is 11.7 Å². The Morgan fingerprint density at radius 3 is 2.19 bits per heavy atom. The summed E-state index contributed by atoms with van der Waals surface area (Å²) in [6, 6.07) is 8.43. The van der Waals surface area contributed by atoms with E-state index in [-0.39, 0.29) is 0 Å². The summed E-state index contributed by atoms with van der Waals surface area (Å²) in [4.78, 5) is 2.23. The Bertz CT molecular complexity index is 308. The molecule has 0 saturated carbocycles. The van der Waals surface area contributed by atoms with Crippen molar-refractivity contribution in [3.8, 4) is 5.75 Å². The summed E-state index contributed by atoms with van der Waals surface area (Å²) in [6.45, 7) is 5.05. The molecule has 3 heteroatoms. The van der Waals surface area contributed by atoms with Gasteiger partial charge in [0.2, 0.25) is 0 Å². The van der Waals surface area contributed by atoms with Crippen LogP contribution in [0.25, 0.3) is 0 Å². The predicted octanol–water partition coefficient (Wildman–Crippen LogP) is 2.11. The Balaban J connectivity index is 2.82. The van der Waals surface area contributed by atoms with E-state index in [1.807, 2.05) is 12.1 Å². The zero-order valence-electron chi connectivity index (χ0n) is 10.6. The average molecular weight is 222 g/mol.